The zero-order valence-electron chi connectivity index (χ0n) is 15.3. The number of thiophene rings is 1. The number of carbonyl (C=O) groups excluding carboxylic acids is 3. The summed E-state index contributed by atoms with van der Waals surface area (Å²) in [5.41, 5.74) is 0.783. The Hall–Kier alpha value is -2.62. The van der Waals surface area contributed by atoms with E-state index >= 15 is 0 Å². The predicted octanol–water partition coefficient (Wildman–Crippen LogP) is 0.774. The zero-order chi connectivity index (χ0) is 19.7. The SMILES string of the molecule is CN1C(=O)C2ON(CC(=O)NCCc3cccs3)C(c3ccncc3)C2C1=O. The molecule has 2 aromatic heterocycles. The summed E-state index contributed by atoms with van der Waals surface area (Å²) in [6, 6.07) is 7.03. The first-order valence-corrected chi connectivity index (χ1v) is 9.88. The first kappa shape index (κ1) is 18.7. The van der Waals surface area contributed by atoms with Crippen LogP contribution in [0.1, 0.15) is 16.5 Å². The van der Waals surface area contributed by atoms with E-state index in [-0.39, 0.29) is 24.3 Å². The van der Waals surface area contributed by atoms with Crippen molar-refractivity contribution >= 4 is 29.1 Å². The molecule has 3 amide bonds. The van der Waals surface area contributed by atoms with E-state index in [0.29, 0.717) is 6.54 Å². The summed E-state index contributed by atoms with van der Waals surface area (Å²) in [5, 5.41) is 6.32. The highest BCUT2D eigenvalue weighted by Gasteiger charge is 2.58. The third-order valence-corrected chi connectivity index (χ3v) is 5.97. The third-order valence-electron chi connectivity index (χ3n) is 5.04. The first-order valence-electron chi connectivity index (χ1n) is 9.00. The van der Waals surface area contributed by atoms with Crippen LogP contribution in [-0.2, 0) is 25.6 Å². The van der Waals surface area contributed by atoms with E-state index in [1.807, 2.05) is 17.5 Å². The number of likely N-dealkylation sites (tertiary alicyclic amines) is 1. The van der Waals surface area contributed by atoms with Crippen LogP contribution in [0.2, 0.25) is 0 Å². The number of rotatable bonds is 6. The molecule has 3 atom stereocenters. The van der Waals surface area contributed by atoms with Crippen LogP contribution in [0, 0.1) is 5.92 Å². The van der Waals surface area contributed by atoms with E-state index in [0.717, 1.165) is 16.9 Å². The minimum absolute atomic E-state index is 0.0608. The van der Waals surface area contributed by atoms with Crippen molar-refractivity contribution in [3.05, 3.63) is 52.5 Å². The number of amides is 3. The van der Waals surface area contributed by atoms with Gasteiger partial charge in [-0.05, 0) is 35.6 Å². The van der Waals surface area contributed by atoms with E-state index in [2.05, 4.69) is 10.3 Å². The van der Waals surface area contributed by atoms with E-state index in [9.17, 15) is 14.4 Å². The van der Waals surface area contributed by atoms with Crippen LogP contribution >= 0.6 is 11.3 Å². The molecule has 4 rings (SSSR count). The van der Waals surface area contributed by atoms with Crippen LogP contribution in [0.4, 0.5) is 0 Å². The highest BCUT2D eigenvalue weighted by molar-refractivity contribution is 7.09. The number of pyridine rings is 1. The average molecular weight is 400 g/mol. The molecule has 0 spiro atoms. The quantitative estimate of drug-likeness (QED) is 0.721. The fourth-order valence-electron chi connectivity index (χ4n) is 3.66. The molecule has 0 bridgehead atoms. The van der Waals surface area contributed by atoms with Gasteiger partial charge in [0.2, 0.25) is 11.8 Å². The molecular weight excluding hydrogens is 380 g/mol. The fraction of sp³-hybridized carbons (Fsp3) is 0.368. The number of fused-ring (bicyclic) bond motifs is 1. The number of nitrogens with zero attached hydrogens (tertiary/aromatic N) is 3. The summed E-state index contributed by atoms with van der Waals surface area (Å²) in [6.45, 7) is 0.454. The van der Waals surface area contributed by atoms with Crippen LogP contribution in [0.3, 0.4) is 0 Å². The summed E-state index contributed by atoms with van der Waals surface area (Å²) in [4.78, 5) is 49.4. The van der Waals surface area contributed by atoms with Crippen LogP contribution in [0.15, 0.2) is 42.0 Å². The zero-order valence-corrected chi connectivity index (χ0v) is 16.1. The van der Waals surface area contributed by atoms with Gasteiger partial charge >= 0.3 is 0 Å². The lowest BCUT2D eigenvalue weighted by atomic mass is 9.91. The molecule has 2 saturated heterocycles. The standard InChI is InChI=1S/C19H20N4O4S/c1-22-18(25)15-16(12-4-7-20-8-5-12)23(27-17(15)19(22)26)11-14(24)21-9-6-13-3-2-10-28-13/h2-5,7-8,10,15-17H,6,9,11H2,1H3,(H,21,24). The molecule has 1 N–H and O–H groups in total. The van der Waals surface area contributed by atoms with Gasteiger partial charge in [0, 0.05) is 30.9 Å². The van der Waals surface area contributed by atoms with Crippen molar-refractivity contribution in [3.63, 3.8) is 0 Å². The Morgan fingerprint density at radius 3 is 2.75 bits per heavy atom. The van der Waals surface area contributed by atoms with Gasteiger partial charge in [-0.15, -0.1) is 11.3 Å². The van der Waals surface area contributed by atoms with Crippen LogP contribution < -0.4 is 5.32 Å². The lowest BCUT2D eigenvalue weighted by molar-refractivity contribution is -0.181. The van der Waals surface area contributed by atoms with Crippen molar-refractivity contribution in [3.8, 4) is 0 Å². The largest absolute Gasteiger partial charge is 0.355 e. The summed E-state index contributed by atoms with van der Waals surface area (Å²) in [7, 11) is 1.46. The maximum atomic E-state index is 12.6. The van der Waals surface area contributed by atoms with Crippen molar-refractivity contribution in [2.24, 2.45) is 5.92 Å². The van der Waals surface area contributed by atoms with E-state index in [1.165, 1.54) is 17.0 Å². The summed E-state index contributed by atoms with van der Waals surface area (Å²) in [5.74, 6) is -1.56. The van der Waals surface area contributed by atoms with E-state index < -0.39 is 18.1 Å². The molecule has 2 aliphatic rings. The normalized spacial score (nSPS) is 24.6. The second kappa shape index (κ2) is 7.78. The Kier molecular flexibility index (Phi) is 5.21. The monoisotopic (exact) mass is 400 g/mol. The van der Waals surface area contributed by atoms with Gasteiger partial charge in [0.05, 0.1) is 12.0 Å². The van der Waals surface area contributed by atoms with Gasteiger partial charge in [-0.2, -0.15) is 5.06 Å². The van der Waals surface area contributed by atoms with Gasteiger partial charge in [-0.25, -0.2) is 0 Å². The van der Waals surface area contributed by atoms with Crippen molar-refractivity contribution in [2.45, 2.75) is 18.6 Å². The summed E-state index contributed by atoms with van der Waals surface area (Å²) in [6.07, 6.45) is 3.10. The van der Waals surface area contributed by atoms with Crippen molar-refractivity contribution in [1.29, 1.82) is 0 Å². The average Bonchev–Trinajstić information content (AvgIpc) is 3.38. The van der Waals surface area contributed by atoms with Gasteiger partial charge in [0.1, 0.15) is 6.54 Å². The predicted molar refractivity (Wildman–Crippen MR) is 101 cm³/mol. The number of nitrogens with one attached hydrogen (secondary N) is 1. The minimum atomic E-state index is -0.894. The fourth-order valence-corrected chi connectivity index (χ4v) is 4.36. The molecule has 9 heteroatoms. The maximum absolute atomic E-state index is 12.6. The van der Waals surface area contributed by atoms with Crippen LogP contribution in [-0.4, -0.2) is 58.9 Å². The van der Waals surface area contributed by atoms with Crippen molar-refractivity contribution < 1.29 is 19.2 Å². The molecule has 28 heavy (non-hydrogen) atoms. The smallest absolute Gasteiger partial charge is 0.261 e. The summed E-state index contributed by atoms with van der Waals surface area (Å²) >= 11 is 1.65. The number of aromatic nitrogens is 1. The van der Waals surface area contributed by atoms with Gasteiger partial charge in [0.25, 0.3) is 5.91 Å². The Labute approximate surface area is 166 Å². The Morgan fingerprint density at radius 1 is 1.25 bits per heavy atom. The van der Waals surface area contributed by atoms with Gasteiger partial charge in [0.15, 0.2) is 6.10 Å². The molecule has 146 valence electrons. The van der Waals surface area contributed by atoms with Crippen molar-refractivity contribution in [1.82, 2.24) is 20.3 Å². The highest BCUT2D eigenvalue weighted by Crippen LogP contribution is 2.43. The van der Waals surface area contributed by atoms with Crippen LogP contribution in [0.5, 0.6) is 0 Å². The lowest BCUT2D eigenvalue weighted by Crippen LogP contribution is -2.40. The van der Waals surface area contributed by atoms with Gasteiger partial charge < -0.3 is 5.32 Å². The Balaban J connectivity index is 1.47. The molecule has 0 aromatic carbocycles. The molecule has 0 radical (unpaired) electrons. The Morgan fingerprint density at radius 2 is 2.04 bits per heavy atom. The van der Waals surface area contributed by atoms with E-state index in [4.69, 9.17) is 4.84 Å². The van der Waals surface area contributed by atoms with E-state index in [1.54, 1.807) is 35.9 Å². The number of hydrogen-bond donors (Lipinski definition) is 1. The number of hydroxylamine groups is 2. The molecule has 3 unspecified atom stereocenters. The van der Waals surface area contributed by atoms with Gasteiger partial charge in [-0.1, -0.05) is 6.07 Å². The highest BCUT2D eigenvalue weighted by atomic mass is 32.1. The number of hydrogen-bond acceptors (Lipinski definition) is 7. The number of carbonyl (C=O) groups is 3. The molecule has 2 fully saturated rings. The second-order valence-electron chi connectivity index (χ2n) is 6.77. The molecule has 2 aliphatic heterocycles. The van der Waals surface area contributed by atoms with Crippen molar-refractivity contribution in [2.75, 3.05) is 20.1 Å². The topological polar surface area (TPSA) is 91.8 Å². The second-order valence-corrected chi connectivity index (χ2v) is 7.80. The molecule has 4 heterocycles. The third kappa shape index (κ3) is 3.44. The van der Waals surface area contributed by atoms with Crippen LogP contribution in [0.25, 0.3) is 0 Å². The lowest BCUT2D eigenvalue weighted by Gasteiger charge is -2.25. The number of imide groups is 1. The summed E-state index contributed by atoms with van der Waals surface area (Å²) < 4.78 is 0. The minimum Gasteiger partial charge on any atom is -0.355 e. The van der Waals surface area contributed by atoms with Gasteiger partial charge in [-0.3, -0.25) is 29.1 Å². The molecular formula is C19H20N4O4S. The molecule has 8 nitrogen and oxygen atoms in total. The number of likely N-dealkylation sites (N-methyl/N-ethyl adjacent to an activating group) is 1. The first-order chi connectivity index (χ1) is 13.6. The molecule has 2 aromatic rings. The molecule has 0 aliphatic carbocycles. The maximum Gasteiger partial charge on any atom is 0.261 e. The Bertz CT molecular complexity index is 873. The molecule has 0 saturated carbocycles.